The Balaban J connectivity index is 2.10. The molecule has 1 amide bonds. The highest BCUT2D eigenvalue weighted by molar-refractivity contribution is 5.94. The second kappa shape index (κ2) is 8.25. The molecule has 23 heavy (non-hydrogen) atoms. The van der Waals surface area contributed by atoms with Crippen LogP contribution < -0.4 is 0 Å². The van der Waals surface area contributed by atoms with Crippen molar-refractivity contribution >= 4 is 11.7 Å². The van der Waals surface area contributed by atoms with Gasteiger partial charge in [0.05, 0.1) is 6.61 Å². The molecule has 0 aliphatic carbocycles. The largest absolute Gasteiger partial charge is 0.395 e. The van der Waals surface area contributed by atoms with E-state index in [0.29, 0.717) is 18.5 Å². The van der Waals surface area contributed by atoms with Crippen molar-refractivity contribution in [1.29, 1.82) is 0 Å². The van der Waals surface area contributed by atoms with Crippen LogP contribution >= 0.6 is 0 Å². The number of aliphatic hydroxyl groups excluding tert-OH is 1. The molecule has 0 fully saturated rings. The van der Waals surface area contributed by atoms with Crippen LogP contribution in [0.4, 0.5) is 0 Å². The summed E-state index contributed by atoms with van der Waals surface area (Å²) < 4.78 is 0. The van der Waals surface area contributed by atoms with Gasteiger partial charge in [-0.1, -0.05) is 42.5 Å². The number of aliphatic hydroxyl groups is 1. The predicted octanol–water partition coefficient (Wildman–Crippen LogP) is 2.45. The molecule has 1 N–H and O–H groups in total. The fourth-order valence-corrected chi connectivity index (χ4v) is 2.41. The van der Waals surface area contributed by atoms with Crippen LogP contribution in [0.2, 0.25) is 0 Å². The van der Waals surface area contributed by atoms with E-state index in [9.17, 15) is 14.7 Å². The third kappa shape index (κ3) is 5.04. The quantitative estimate of drug-likeness (QED) is 0.854. The SMILES string of the molecule is CC(=O)Cc1ccc(CN(CCO)C(=O)c2ccccc2)cc1. The summed E-state index contributed by atoms with van der Waals surface area (Å²) in [6.45, 7) is 2.19. The summed E-state index contributed by atoms with van der Waals surface area (Å²) in [5, 5.41) is 9.22. The lowest BCUT2D eigenvalue weighted by molar-refractivity contribution is -0.116. The molecule has 2 aromatic carbocycles. The first-order valence-corrected chi connectivity index (χ1v) is 7.62. The third-order valence-corrected chi connectivity index (χ3v) is 3.53. The summed E-state index contributed by atoms with van der Waals surface area (Å²) >= 11 is 0. The van der Waals surface area contributed by atoms with Gasteiger partial charge in [0.2, 0.25) is 0 Å². The van der Waals surface area contributed by atoms with Gasteiger partial charge in [-0.2, -0.15) is 0 Å². The maximum Gasteiger partial charge on any atom is 0.254 e. The van der Waals surface area contributed by atoms with Gasteiger partial charge in [-0.05, 0) is 30.2 Å². The van der Waals surface area contributed by atoms with E-state index in [1.54, 1.807) is 24.0 Å². The van der Waals surface area contributed by atoms with Gasteiger partial charge in [0.25, 0.3) is 5.91 Å². The van der Waals surface area contributed by atoms with Crippen LogP contribution in [0.15, 0.2) is 54.6 Å². The van der Waals surface area contributed by atoms with Crippen molar-refractivity contribution in [3.8, 4) is 0 Å². The Morgan fingerprint density at radius 3 is 2.13 bits per heavy atom. The minimum atomic E-state index is -0.104. The highest BCUT2D eigenvalue weighted by Crippen LogP contribution is 2.12. The summed E-state index contributed by atoms with van der Waals surface area (Å²) in [5.41, 5.74) is 2.54. The summed E-state index contributed by atoms with van der Waals surface area (Å²) in [7, 11) is 0. The van der Waals surface area contributed by atoms with Crippen LogP contribution in [0, 0.1) is 0 Å². The number of amides is 1. The van der Waals surface area contributed by atoms with E-state index in [1.165, 1.54) is 0 Å². The monoisotopic (exact) mass is 311 g/mol. The molecule has 2 aromatic rings. The molecule has 4 heteroatoms. The minimum Gasteiger partial charge on any atom is -0.395 e. The van der Waals surface area contributed by atoms with Crippen molar-refractivity contribution < 1.29 is 14.7 Å². The van der Waals surface area contributed by atoms with Gasteiger partial charge in [-0.3, -0.25) is 9.59 Å². The third-order valence-electron chi connectivity index (χ3n) is 3.53. The van der Waals surface area contributed by atoms with E-state index in [1.807, 2.05) is 42.5 Å². The molecular weight excluding hydrogens is 290 g/mol. The predicted molar refractivity (Wildman–Crippen MR) is 89.1 cm³/mol. The Kier molecular flexibility index (Phi) is 6.06. The first-order valence-electron chi connectivity index (χ1n) is 7.62. The average molecular weight is 311 g/mol. The molecule has 120 valence electrons. The fourth-order valence-electron chi connectivity index (χ4n) is 2.41. The molecule has 0 radical (unpaired) electrons. The fraction of sp³-hybridized carbons (Fsp3) is 0.263. The number of Topliss-reactive ketones (excluding diaryl/α,β-unsaturated/α-hetero) is 1. The first-order chi connectivity index (χ1) is 11.1. The second-order valence-electron chi connectivity index (χ2n) is 5.51. The average Bonchev–Trinajstić information content (AvgIpc) is 2.56. The molecule has 4 nitrogen and oxygen atoms in total. The zero-order valence-corrected chi connectivity index (χ0v) is 13.2. The van der Waals surface area contributed by atoms with Crippen molar-refractivity contribution in [3.63, 3.8) is 0 Å². The summed E-state index contributed by atoms with van der Waals surface area (Å²) in [6.07, 6.45) is 0.420. The number of carbonyl (C=O) groups is 2. The number of rotatable bonds is 7. The van der Waals surface area contributed by atoms with Crippen molar-refractivity contribution in [2.75, 3.05) is 13.2 Å². The second-order valence-corrected chi connectivity index (χ2v) is 5.51. The van der Waals surface area contributed by atoms with E-state index >= 15 is 0 Å². The number of benzene rings is 2. The van der Waals surface area contributed by atoms with E-state index in [0.717, 1.165) is 11.1 Å². The molecule has 0 saturated heterocycles. The van der Waals surface area contributed by atoms with Crippen molar-refractivity contribution in [2.45, 2.75) is 19.9 Å². The number of hydrogen-bond acceptors (Lipinski definition) is 3. The maximum atomic E-state index is 12.5. The van der Waals surface area contributed by atoms with Gasteiger partial charge in [0, 0.05) is 25.1 Å². The Hall–Kier alpha value is -2.46. The topological polar surface area (TPSA) is 57.6 Å². The van der Waals surface area contributed by atoms with E-state index < -0.39 is 0 Å². The van der Waals surface area contributed by atoms with E-state index in [4.69, 9.17) is 0 Å². The summed E-state index contributed by atoms with van der Waals surface area (Å²) in [4.78, 5) is 25.3. The zero-order chi connectivity index (χ0) is 16.7. The van der Waals surface area contributed by atoms with Gasteiger partial charge in [-0.25, -0.2) is 0 Å². The molecule has 0 bridgehead atoms. The smallest absolute Gasteiger partial charge is 0.254 e. The number of nitrogens with zero attached hydrogens (tertiary/aromatic N) is 1. The van der Waals surface area contributed by atoms with Crippen molar-refractivity contribution in [1.82, 2.24) is 4.90 Å². The minimum absolute atomic E-state index is 0.0823. The Bertz CT molecular complexity index is 650. The number of ketones is 1. The highest BCUT2D eigenvalue weighted by atomic mass is 16.3. The van der Waals surface area contributed by atoms with Crippen LogP contribution in [0.3, 0.4) is 0 Å². The van der Waals surface area contributed by atoms with Crippen LogP contribution in [0.1, 0.15) is 28.4 Å². The normalized spacial score (nSPS) is 10.3. The molecule has 0 aliphatic rings. The van der Waals surface area contributed by atoms with Gasteiger partial charge < -0.3 is 10.0 Å². The zero-order valence-electron chi connectivity index (χ0n) is 13.2. The van der Waals surface area contributed by atoms with Crippen LogP contribution in [0.25, 0.3) is 0 Å². The van der Waals surface area contributed by atoms with Gasteiger partial charge >= 0.3 is 0 Å². The lowest BCUT2D eigenvalue weighted by Crippen LogP contribution is -2.33. The molecule has 0 atom stereocenters. The molecular formula is C19H21NO3. The Morgan fingerprint density at radius 1 is 0.957 bits per heavy atom. The van der Waals surface area contributed by atoms with Crippen LogP contribution in [-0.4, -0.2) is 34.8 Å². The lowest BCUT2D eigenvalue weighted by Gasteiger charge is -2.22. The molecule has 0 heterocycles. The summed E-state index contributed by atoms with van der Waals surface area (Å²) in [6, 6.07) is 16.7. The summed E-state index contributed by atoms with van der Waals surface area (Å²) in [5.74, 6) is 0.0198. The molecule has 0 aromatic heterocycles. The molecule has 0 unspecified atom stereocenters. The molecule has 0 spiro atoms. The molecule has 0 aliphatic heterocycles. The first kappa shape index (κ1) is 16.9. The van der Waals surface area contributed by atoms with Gasteiger partial charge in [0.15, 0.2) is 0 Å². The Labute approximate surface area is 136 Å². The standard InChI is InChI=1S/C19H21NO3/c1-15(22)13-16-7-9-17(10-8-16)14-20(11-12-21)19(23)18-5-3-2-4-6-18/h2-10,21H,11-14H2,1H3. The lowest BCUT2D eigenvalue weighted by atomic mass is 10.1. The van der Waals surface area contributed by atoms with E-state index in [-0.39, 0.29) is 24.8 Å². The maximum absolute atomic E-state index is 12.5. The van der Waals surface area contributed by atoms with Crippen molar-refractivity contribution in [3.05, 3.63) is 71.3 Å². The molecule has 2 rings (SSSR count). The van der Waals surface area contributed by atoms with E-state index in [2.05, 4.69) is 0 Å². The van der Waals surface area contributed by atoms with Crippen LogP contribution in [-0.2, 0) is 17.8 Å². The number of carbonyl (C=O) groups excluding carboxylic acids is 2. The van der Waals surface area contributed by atoms with Gasteiger partial charge in [0.1, 0.15) is 5.78 Å². The Morgan fingerprint density at radius 2 is 1.57 bits per heavy atom. The highest BCUT2D eigenvalue weighted by Gasteiger charge is 2.15. The van der Waals surface area contributed by atoms with Crippen LogP contribution in [0.5, 0.6) is 0 Å². The van der Waals surface area contributed by atoms with Crippen molar-refractivity contribution in [2.24, 2.45) is 0 Å². The van der Waals surface area contributed by atoms with Gasteiger partial charge in [-0.15, -0.1) is 0 Å². The number of hydrogen-bond donors (Lipinski definition) is 1. The molecule has 0 saturated carbocycles.